The van der Waals surface area contributed by atoms with Crippen molar-refractivity contribution in [1.29, 1.82) is 0 Å². The number of allylic oxidation sites excluding steroid dienone is 2. The number of hydrogen-bond acceptors (Lipinski definition) is 7. The number of benzene rings is 1. The van der Waals surface area contributed by atoms with Crippen LogP contribution in [0.3, 0.4) is 0 Å². The average molecular weight is 560 g/mol. The number of rotatable bonds is 8. The van der Waals surface area contributed by atoms with Gasteiger partial charge in [0.05, 0.1) is 24.9 Å². The number of ether oxygens (including phenoxy) is 2. The molecule has 1 aromatic heterocycles. The molecule has 0 spiro atoms. The van der Waals surface area contributed by atoms with Gasteiger partial charge in [-0.05, 0) is 31.2 Å². The summed E-state index contributed by atoms with van der Waals surface area (Å²) in [4.78, 5) is 34.0. The van der Waals surface area contributed by atoms with Crippen LogP contribution >= 0.6 is 0 Å². The molecule has 2 amide bonds. The fourth-order valence-electron chi connectivity index (χ4n) is 4.78. The number of nitrogens with zero attached hydrogens (tertiary/aromatic N) is 3. The van der Waals surface area contributed by atoms with E-state index in [9.17, 15) is 22.8 Å². The monoisotopic (exact) mass is 559 g/mol. The van der Waals surface area contributed by atoms with Gasteiger partial charge in [-0.3, -0.25) is 19.5 Å². The van der Waals surface area contributed by atoms with E-state index in [-0.39, 0.29) is 17.6 Å². The number of carbonyl (C=O) groups is 2. The Kier molecular flexibility index (Phi) is 8.50. The number of alkyl halides is 3. The summed E-state index contributed by atoms with van der Waals surface area (Å²) < 4.78 is 50.5. The molecular weight excluding hydrogens is 527 g/mol. The van der Waals surface area contributed by atoms with Gasteiger partial charge in [-0.1, -0.05) is 24.3 Å². The molecule has 1 fully saturated rings. The summed E-state index contributed by atoms with van der Waals surface area (Å²) in [5.74, 6) is -1.97. The van der Waals surface area contributed by atoms with Gasteiger partial charge in [0.2, 0.25) is 11.8 Å². The maximum atomic E-state index is 13.6. The van der Waals surface area contributed by atoms with Crippen LogP contribution in [0.2, 0.25) is 0 Å². The normalized spacial score (nSPS) is 20.6. The SMILES string of the molecule is CC(C(=O)NC1(c2ccc(-c3ccc(N(C)C)cc3)nc2)CC(C(N)=O)=CC=C1OC(F)(F)F)N1CCOCC1. The maximum absolute atomic E-state index is 13.6. The number of nitrogens with one attached hydrogen (secondary N) is 1. The molecule has 2 atom stereocenters. The molecule has 1 aromatic carbocycles. The molecule has 2 heterocycles. The predicted molar refractivity (Wildman–Crippen MR) is 143 cm³/mol. The summed E-state index contributed by atoms with van der Waals surface area (Å²) in [6.45, 7) is 3.49. The summed E-state index contributed by atoms with van der Waals surface area (Å²) in [7, 11) is 3.84. The second-order valence-electron chi connectivity index (χ2n) is 9.90. The summed E-state index contributed by atoms with van der Waals surface area (Å²) in [5, 5.41) is 2.77. The smallest absolute Gasteiger partial charge is 0.407 e. The molecule has 2 aromatic rings. The lowest BCUT2D eigenvalue weighted by molar-refractivity contribution is -0.310. The third-order valence-electron chi connectivity index (χ3n) is 7.10. The summed E-state index contributed by atoms with van der Waals surface area (Å²) in [6.07, 6.45) is -1.84. The van der Waals surface area contributed by atoms with Crippen LogP contribution in [0.25, 0.3) is 11.3 Å². The number of nitrogens with two attached hydrogens (primary N) is 1. The van der Waals surface area contributed by atoms with Crippen LogP contribution in [0.15, 0.2) is 66.1 Å². The molecule has 3 N–H and O–H groups in total. The van der Waals surface area contributed by atoms with Crippen molar-refractivity contribution in [1.82, 2.24) is 15.2 Å². The number of morpholine rings is 1. The molecule has 1 aliphatic carbocycles. The van der Waals surface area contributed by atoms with Crippen molar-refractivity contribution < 1.29 is 32.2 Å². The average Bonchev–Trinajstić information content (AvgIpc) is 2.93. The zero-order valence-corrected chi connectivity index (χ0v) is 22.5. The third-order valence-corrected chi connectivity index (χ3v) is 7.10. The highest BCUT2D eigenvalue weighted by Gasteiger charge is 2.48. The van der Waals surface area contributed by atoms with E-state index in [1.165, 1.54) is 12.3 Å². The third kappa shape index (κ3) is 6.45. The fourth-order valence-corrected chi connectivity index (χ4v) is 4.78. The van der Waals surface area contributed by atoms with E-state index >= 15 is 0 Å². The van der Waals surface area contributed by atoms with E-state index in [4.69, 9.17) is 10.5 Å². The second-order valence-corrected chi connectivity index (χ2v) is 9.90. The van der Waals surface area contributed by atoms with E-state index in [0.717, 1.165) is 17.3 Å². The zero-order valence-electron chi connectivity index (χ0n) is 22.5. The van der Waals surface area contributed by atoms with Gasteiger partial charge < -0.3 is 25.4 Å². The molecule has 1 aliphatic heterocycles. The summed E-state index contributed by atoms with van der Waals surface area (Å²) >= 11 is 0. The number of pyridine rings is 1. The summed E-state index contributed by atoms with van der Waals surface area (Å²) in [5.41, 5.74) is 6.21. The van der Waals surface area contributed by atoms with Crippen molar-refractivity contribution in [2.24, 2.45) is 5.73 Å². The van der Waals surface area contributed by atoms with Crippen molar-refractivity contribution in [3.63, 3.8) is 0 Å². The first-order valence-electron chi connectivity index (χ1n) is 12.7. The molecule has 0 radical (unpaired) electrons. The minimum absolute atomic E-state index is 0.0252. The van der Waals surface area contributed by atoms with Gasteiger partial charge in [-0.25, -0.2) is 0 Å². The first-order valence-corrected chi connectivity index (χ1v) is 12.7. The number of primary amides is 1. The van der Waals surface area contributed by atoms with Crippen LogP contribution < -0.4 is 16.0 Å². The van der Waals surface area contributed by atoms with Crippen LogP contribution in [0, 0.1) is 0 Å². The minimum Gasteiger partial charge on any atom is -0.407 e. The zero-order chi connectivity index (χ0) is 29.1. The topological polar surface area (TPSA) is 110 Å². The van der Waals surface area contributed by atoms with Crippen LogP contribution in [0.1, 0.15) is 18.9 Å². The van der Waals surface area contributed by atoms with Crippen molar-refractivity contribution >= 4 is 17.5 Å². The van der Waals surface area contributed by atoms with E-state index in [1.54, 1.807) is 19.1 Å². The molecular formula is C28H32F3N5O4. The first kappa shape index (κ1) is 29.1. The van der Waals surface area contributed by atoms with E-state index in [1.807, 2.05) is 48.2 Å². The quantitative estimate of drug-likeness (QED) is 0.512. The molecule has 214 valence electrons. The Morgan fingerprint density at radius 3 is 2.35 bits per heavy atom. The molecule has 1 saturated heterocycles. The fraction of sp³-hybridized carbons (Fsp3) is 0.393. The van der Waals surface area contributed by atoms with Crippen molar-refractivity contribution in [2.45, 2.75) is 31.3 Å². The van der Waals surface area contributed by atoms with Gasteiger partial charge in [0.15, 0.2) is 0 Å². The minimum atomic E-state index is -5.06. The van der Waals surface area contributed by atoms with Crippen LogP contribution in [-0.4, -0.2) is 74.5 Å². The lowest BCUT2D eigenvalue weighted by atomic mass is 9.78. The highest BCUT2D eigenvalue weighted by molar-refractivity contribution is 5.93. The summed E-state index contributed by atoms with van der Waals surface area (Å²) in [6, 6.07) is 10.1. The second kappa shape index (κ2) is 11.7. The lowest BCUT2D eigenvalue weighted by Crippen LogP contribution is -2.57. The molecule has 40 heavy (non-hydrogen) atoms. The van der Waals surface area contributed by atoms with Crippen molar-refractivity contribution in [3.8, 4) is 11.3 Å². The van der Waals surface area contributed by atoms with E-state index in [2.05, 4.69) is 15.0 Å². The molecule has 2 aliphatic rings. The Morgan fingerprint density at radius 1 is 1.12 bits per heavy atom. The van der Waals surface area contributed by atoms with Gasteiger partial charge in [-0.2, -0.15) is 0 Å². The van der Waals surface area contributed by atoms with Crippen LogP contribution in [0.5, 0.6) is 0 Å². The number of hydrogen-bond donors (Lipinski definition) is 2. The van der Waals surface area contributed by atoms with Gasteiger partial charge in [0.1, 0.15) is 11.3 Å². The Morgan fingerprint density at radius 2 is 1.80 bits per heavy atom. The maximum Gasteiger partial charge on any atom is 0.572 e. The molecule has 9 nitrogen and oxygen atoms in total. The van der Waals surface area contributed by atoms with E-state index < -0.39 is 35.5 Å². The predicted octanol–water partition coefficient (Wildman–Crippen LogP) is 3.08. The van der Waals surface area contributed by atoms with Gasteiger partial charge >= 0.3 is 6.36 Å². The molecule has 12 heteroatoms. The van der Waals surface area contributed by atoms with Crippen molar-refractivity contribution in [3.05, 3.63) is 71.6 Å². The lowest BCUT2D eigenvalue weighted by Gasteiger charge is -2.41. The van der Waals surface area contributed by atoms with Crippen molar-refractivity contribution in [2.75, 3.05) is 45.3 Å². The number of anilines is 1. The van der Waals surface area contributed by atoms with Crippen LogP contribution in [0.4, 0.5) is 18.9 Å². The number of aromatic nitrogens is 1. The van der Waals surface area contributed by atoms with Gasteiger partial charge in [0, 0.05) is 62.2 Å². The highest BCUT2D eigenvalue weighted by Crippen LogP contribution is 2.42. The molecule has 2 unspecified atom stereocenters. The molecule has 4 rings (SSSR count). The van der Waals surface area contributed by atoms with Gasteiger partial charge in [0.25, 0.3) is 0 Å². The number of amides is 2. The molecule has 0 bridgehead atoms. The highest BCUT2D eigenvalue weighted by atomic mass is 19.4. The Labute approximate surface area is 230 Å². The number of carbonyl (C=O) groups excluding carboxylic acids is 2. The standard InChI is InChI=1S/C28H32F3N5O4/c1-18(36-12-14-39-15-13-36)26(38)34-27(16-20(25(32)37)6-11-24(27)40-28(29,30)31)21-7-10-23(33-17-21)19-4-8-22(9-5-19)35(2)3/h4-11,17-18H,12-16H2,1-3H3,(H2,32,37)(H,34,38). The van der Waals surface area contributed by atoms with E-state index in [0.29, 0.717) is 32.0 Å². The Bertz CT molecular complexity index is 1290. The molecule has 0 saturated carbocycles. The Balaban J connectivity index is 1.75. The van der Waals surface area contributed by atoms with Gasteiger partial charge in [-0.15, -0.1) is 13.2 Å². The first-order chi connectivity index (χ1) is 18.9. The Hall–Kier alpha value is -3.90. The largest absolute Gasteiger partial charge is 0.572 e. The van der Waals surface area contributed by atoms with Crippen LogP contribution in [-0.2, 0) is 24.6 Å². The number of halogens is 3.